The fourth-order valence-electron chi connectivity index (χ4n) is 4.47. The molecular formula is C21H20BrN3O2S. The average Bonchev–Trinajstić information content (AvgIpc) is 3.28. The summed E-state index contributed by atoms with van der Waals surface area (Å²) in [4.78, 5) is 34.5. The predicted molar refractivity (Wildman–Crippen MR) is 113 cm³/mol. The maximum atomic E-state index is 13.4. The number of hydrogen-bond donors (Lipinski definition) is 1. The minimum atomic E-state index is -0.554. The Morgan fingerprint density at radius 1 is 1.14 bits per heavy atom. The molecule has 0 unspecified atom stereocenters. The molecule has 1 saturated heterocycles. The summed E-state index contributed by atoms with van der Waals surface area (Å²) in [7, 11) is 0. The quantitative estimate of drug-likeness (QED) is 0.518. The molecule has 0 saturated carbocycles. The van der Waals surface area contributed by atoms with E-state index >= 15 is 0 Å². The minimum Gasteiger partial charge on any atom is -0.356 e. The van der Waals surface area contributed by atoms with Crippen molar-refractivity contribution in [3.8, 4) is 0 Å². The van der Waals surface area contributed by atoms with Crippen LogP contribution in [0.15, 0.2) is 40.2 Å². The van der Waals surface area contributed by atoms with Crippen LogP contribution in [0.3, 0.4) is 0 Å². The lowest BCUT2D eigenvalue weighted by Gasteiger charge is -2.35. The van der Waals surface area contributed by atoms with Crippen LogP contribution in [0.5, 0.6) is 0 Å². The summed E-state index contributed by atoms with van der Waals surface area (Å²) in [5, 5.41) is 1.13. The minimum absolute atomic E-state index is 0.103. The highest BCUT2D eigenvalue weighted by Crippen LogP contribution is 2.47. The lowest BCUT2D eigenvalue weighted by Crippen LogP contribution is -2.46. The molecule has 2 aliphatic heterocycles. The molecule has 4 heterocycles. The van der Waals surface area contributed by atoms with Crippen molar-refractivity contribution in [2.75, 3.05) is 0 Å². The van der Waals surface area contributed by atoms with Gasteiger partial charge in [0.1, 0.15) is 12.1 Å². The summed E-state index contributed by atoms with van der Waals surface area (Å²) in [6.45, 7) is 5.73. The topological polar surface area (TPSA) is 56.4 Å². The van der Waals surface area contributed by atoms with Gasteiger partial charge in [0.2, 0.25) is 0 Å². The molecule has 0 spiro atoms. The van der Waals surface area contributed by atoms with E-state index in [1.165, 1.54) is 4.90 Å². The van der Waals surface area contributed by atoms with Gasteiger partial charge in [0.25, 0.3) is 5.91 Å². The zero-order valence-electron chi connectivity index (χ0n) is 15.8. The number of benzene rings is 1. The van der Waals surface area contributed by atoms with Crippen molar-refractivity contribution in [2.24, 2.45) is 0 Å². The van der Waals surface area contributed by atoms with Crippen LogP contribution in [0.4, 0.5) is 4.79 Å². The van der Waals surface area contributed by atoms with Crippen LogP contribution in [0.25, 0.3) is 10.9 Å². The number of fused-ring (bicyclic) bond motifs is 4. The van der Waals surface area contributed by atoms with Crippen LogP contribution in [-0.2, 0) is 11.2 Å². The van der Waals surface area contributed by atoms with Gasteiger partial charge >= 0.3 is 6.03 Å². The van der Waals surface area contributed by atoms with Crippen LogP contribution in [0.2, 0.25) is 0 Å². The van der Waals surface area contributed by atoms with Crippen LogP contribution < -0.4 is 0 Å². The number of nitrogens with zero attached hydrogens (tertiary/aromatic N) is 2. The number of carbonyl (C=O) groups excluding carboxylic acids is 2. The van der Waals surface area contributed by atoms with Gasteiger partial charge in [-0.1, -0.05) is 18.2 Å². The first-order valence-corrected chi connectivity index (χ1v) is 10.9. The SMILES string of the molecule is CC(C)(C)N1C(=O)[C@H]2Cc3c([nH]c4ccccc34)[C@H](c3ccc(Br)s3)N2C1=O. The number of carbonyl (C=O) groups is 2. The monoisotopic (exact) mass is 457 g/mol. The van der Waals surface area contributed by atoms with Gasteiger partial charge < -0.3 is 4.98 Å². The number of thiophene rings is 1. The van der Waals surface area contributed by atoms with E-state index < -0.39 is 11.6 Å². The fraction of sp³-hybridized carbons (Fsp3) is 0.333. The lowest BCUT2D eigenvalue weighted by atomic mass is 9.91. The van der Waals surface area contributed by atoms with Crippen molar-refractivity contribution >= 4 is 50.1 Å². The van der Waals surface area contributed by atoms with E-state index in [1.54, 1.807) is 16.2 Å². The Kier molecular flexibility index (Phi) is 3.81. The van der Waals surface area contributed by atoms with E-state index in [-0.39, 0.29) is 18.0 Å². The maximum Gasteiger partial charge on any atom is 0.328 e. The molecule has 3 amide bonds. The van der Waals surface area contributed by atoms with Gasteiger partial charge in [-0.25, -0.2) is 4.79 Å². The third kappa shape index (κ3) is 2.42. The van der Waals surface area contributed by atoms with Crippen molar-refractivity contribution in [3.63, 3.8) is 0 Å². The summed E-state index contributed by atoms with van der Waals surface area (Å²) in [6.07, 6.45) is 0.541. The van der Waals surface area contributed by atoms with Gasteiger partial charge in [-0.3, -0.25) is 14.6 Å². The van der Waals surface area contributed by atoms with Crippen LogP contribution in [0.1, 0.15) is 42.9 Å². The Balaban J connectivity index is 1.74. The number of para-hydroxylation sites is 1. The second kappa shape index (κ2) is 5.94. The first kappa shape index (κ1) is 17.9. The molecule has 5 nitrogen and oxygen atoms in total. The Morgan fingerprint density at radius 3 is 2.57 bits per heavy atom. The molecule has 144 valence electrons. The number of H-pyrrole nitrogens is 1. The van der Waals surface area contributed by atoms with Gasteiger partial charge in [0.15, 0.2) is 0 Å². The van der Waals surface area contributed by atoms with E-state index in [0.717, 1.165) is 30.8 Å². The molecule has 2 atom stereocenters. The number of imide groups is 1. The van der Waals surface area contributed by atoms with Gasteiger partial charge in [0, 0.05) is 33.4 Å². The highest BCUT2D eigenvalue weighted by molar-refractivity contribution is 9.11. The van der Waals surface area contributed by atoms with Crippen LogP contribution in [-0.4, -0.2) is 38.3 Å². The summed E-state index contributed by atoms with van der Waals surface area (Å²) >= 11 is 5.15. The summed E-state index contributed by atoms with van der Waals surface area (Å²) < 4.78 is 1.01. The third-order valence-corrected chi connectivity index (χ3v) is 7.26. The number of rotatable bonds is 1. The van der Waals surface area contributed by atoms with Crippen LogP contribution >= 0.6 is 27.3 Å². The Hall–Kier alpha value is -2.12. The summed E-state index contributed by atoms with van der Waals surface area (Å²) in [5.41, 5.74) is 2.65. The van der Waals surface area contributed by atoms with Crippen molar-refractivity contribution in [3.05, 3.63) is 56.3 Å². The highest BCUT2D eigenvalue weighted by Gasteiger charge is 2.55. The normalized spacial score (nSPS) is 22.1. The van der Waals surface area contributed by atoms with E-state index in [1.807, 2.05) is 51.1 Å². The number of nitrogens with one attached hydrogen (secondary N) is 1. The van der Waals surface area contributed by atoms with Gasteiger partial charge in [-0.15, -0.1) is 11.3 Å². The Labute approximate surface area is 175 Å². The summed E-state index contributed by atoms with van der Waals surface area (Å²) in [5.74, 6) is -0.103. The third-order valence-electron chi connectivity index (χ3n) is 5.58. The first-order valence-electron chi connectivity index (χ1n) is 9.28. The number of hydrogen-bond acceptors (Lipinski definition) is 3. The van der Waals surface area contributed by atoms with E-state index in [0.29, 0.717) is 6.42 Å². The zero-order valence-corrected chi connectivity index (χ0v) is 18.2. The maximum absolute atomic E-state index is 13.4. The van der Waals surface area contributed by atoms with Gasteiger partial charge in [-0.05, 0) is 60.5 Å². The Morgan fingerprint density at radius 2 is 1.89 bits per heavy atom. The van der Waals surface area contributed by atoms with Gasteiger partial charge in [-0.2, -0.15) is 0 Å². The Bertz CT molecular complexity index is 1130. The number of halogens is 1. The largest absolute Gasteiger partial charge is 0.356 e. The molecule has 3 aromatic rings. The van der Waals surface area contributed by atoms with Crippen molar-refractivity contribution in [2.45, 2.75) is 44.8 Å². The molecule has 5 rings (SSSR count). The molecule has 7 heteroatoms. The van der Waals surface area contributed by atoms with Crippen LogP contribution in [0, 0.1) is 0 Å². The molecule has 2 aliphatic rings. The van der Waals surface area contributed by atoms with Crippen molar-refractivity contribution < 1.29 is 9.59 Å². The molecule has 0 bridgehead atoms. The second-order valence-corrected chi connectivity index (χ2v) is 10.9. The van der Waals surface area contributed by atoms with Crippen molar-refractivity contribution in [1.29, 1.82) is 0 Å². The van der Waals surface area contributed by atoms with E-state index in [2.05, 4.69) is 27.0 Å². The zero-order chi connectivity index (χ0) is 19.8. The van der Waals surface area contributed by atoms with E-state index in [4.69, 9.17) is 0 Å². The van der Waals surface area contributed by atoms with Crippen molar-refractivity contribution in [1.82, 2.24) is 14.8 Å². The number of aromatic amines is 1. The standard InChI is InChI=1S/C21H20BrN3O2S/c1-21(2,3)25-19(26)14-10-12-11-6-4-5-7-13(11)23-17(12)18(24(14)20(25)27)15-8-9-16(22)28-15/h4-9,14,18,23H,10H2,1-3H3/t14-,18+/m1/s1. The molecular weight excluding hydrogens is 438 g/mol. The molecule has 1 N–H and O–H groups in total. The fourth-order valence-corrected chi connectivity index (χ4v) is 6.00. The van der Waals surface area contributed by atoms with E-state index in [9.17, 15) is 9.59 Å². The average molecular weight is 458 g/mol. The molecule has 2 aromatic heterocycles. The number of amides is 3. The van der Waals surface area contributed by atoms with Gasteiger partial charge in [0.05, 0.1) is 3.79 Å². The molecule has 1 fully saturated rings. The highest BCUT2D eigenvalue weighted by atomic mass is 79.9. The molecule has 0 radical (unpaired) electrons. The smallest absolute Gasteiger partial charge is 0.328 e. The second-order valence-electron chi connectivity index (χ2n) is 8.36. The molecule has 28 heavy (non-hydrogen) atoms. The number of aromatic nitrogens is 1. The predicted octanol–water partition coefficient (Wildman–Crippen LogP) is 5.07. The lowest BCUT2D eigenvalue weighted by molar-refractivity contribution is -0.131. The number of urea groups is 1. The first-order chi connectivity index (χ1) is 13.3. The molecule has 1 aromatic carbocycles. The molecule has 0 aliphatic carbocycles. The summed E-state index contributed by atoms with van der Waals surface area (Å²) in [6, 6.07) is 11.2.